The summed E-state index contributed by atoms with van der Waals surface area (Å²) in [6.45, 7) is -1.18. The van der Waals surface area contributed by atoms with E-state index < -0.39 is 12.7 Å². The standard InChI is InChI=1S/C20H21F3N6O/c21-20(22,23)11-29-16-7-14(24-8-12(16)9-26-29)17-15(10-25-28-17)27-18(30)13-3-1-2-4-19(13)5-6-19/h7-10,13H,1-6,11H2,(H,25,28)(H,27,30). The fourth-order valence-electron chi connectivity index (χ4n) is 4.68. The van der Waals surface area contributed by atoms with Gasteiger partial charge in [0.25, 0.3) is 0 Å². The number of nitrogens with zero attached hydrogens (tertiary/aromatic N) is 4. The summed E-state index contributed by atoms with van der Waals surface area (Å²) in [5.74, 6) is -0.0179. The largest absolute Gasteiger partial charge is 0.408 e. The molecule has 10 heteroatoms. The third-order valence-corrected chi connectivity index (χ3v) is 6.37. The molecule has 1 unspecified atom stereocenters. The Morgan fingerprint density at radius 3 is 2.83 bits per heavy atom. The second-order valence-corrected chi connectivity index (χ2v) is 8.35. The number of H-pyrrole nitrogens is 1. The summed E-state index contributed by atoms with van der Waals surface area (Å²) < 4.78 is 39.4. The lowest BCUT2D eigenvalue weighted by atomic mass is 9.76. The van der Waals surface area contributed by atoms with Crippen LogP contribution in [0.4, 0.5) is 18.9 Å². The number of aromatic amines is 1. The van der Waals surface area contributed by atoms with Gasteiger partial charge in [-0.15, -0.1) is 0 Å². The number of carbonyl (C=O) groups is 1. The average molecular weight is 418 g/mol. The van der Waals surface area contributed by atoms with Gasteiger partial charge in [0.15, 0.2) is 0 Å². The zero-order chi connectivity index (χ0) is 20.9. The fraction of sp³-hybridized carbons (Fsp3) is 0.500. The Balaban J connectivity index is 1.42. The Labute approximate surface area is 170 Å². The summed E-state index contributed by atoms with van der Waals surface area (Å²) >= 11 is 0. The topological polar surface area (TPSA) is 88.5 Å². The van der Waals surface area contributed by atoms with Gasteiger partial charge in [0.1, 0.15) is 12.2 Å². The SMILES string of the molecule is O=C(Nc1cn[nH]c1-c1cc2c(cn1)cnn2CC(F)(F)F)C1CCCCC12CC2. The van der Waals surface area contributed by atoms with Crippen LogP contribution in [0.15, 0.2) is 24.7 Å². The van der Waals surface area contributed by atoms with Crippen LogP contribution in [0.5, 0.6) is 0 Å². The normalized spacial score (nSPS) is 20.6. The van der Waals surface area contributed by atoms with Crippen molar-refractivity contribution in [3.05, 3.63) is 24.7 Å². The van der Waals surface area contributed by atoms with Crippen molar-refractivity contribution in [1.29, 1.82) is 0 Å². The van der Waals surface area contributed by atoms with Gasteiger partial charge < -0.3 is 5.32 Å². The first kappa shape index (κ1) is 19.1. The van der Waals surface area contributed by atoms with Gasteiger partial charge in [0, 0.05) is 17.5 Å². The molecule has 2 saturated carbocycles. The van der Waals surface area contributed by atoms with Crippen LogP contribution in [0.3, 0.4) is 0 Å². The first-order valence-corrected chi connectivity index (χ1v) is 10.1. The van der Waals surface area contributed by atoms with E-state index in [1.54, 1.807) is 0 Å². The minimum Gasteiger partial charge on any atom is -0.323 e. The Morgan fingerprint density at radius 2 is 2.07 bits per heavy atom. The molecule has 3 aromatic rings. The minimum absolute atomic E-state index is 0.00217. The molecule has 0 aliphatic heterocycles. The van der Waals surface area contributed by atoms with Crippen LogP contribution in [0.2, 0.25) is 0 Å². The van der Waals surface area contributed by atoms with Gasteiger partial charge in [-0.3, -0.25) is 19.6 Å². The molecule has 2 aliphatic carbocycles. The lowest BCUT2D eigenvalue weighted by Gasteiger charge is -2.30. The molecule has 2 fully saturated rings. The summed E-state index contributed by atoms with van der Waals surface area (Å²) in [4.78, 5) is 17.3. The van der Waals surface area contributed by atoms with Crippen molar-refractivity contribution in [3.8, 4) is 11.4 Å². The van der Waals surface area contributed by atoms with Crippen molar-refractivity contribution in [3.63, 3.8) is 0 Å². The molecule has 5 rings (SSSR count). The van der Waals surface area contributed by atoms with E-state index in [1.165, 1.54) is 31.1 Å². The molecular weight excluding hydrogens is 397 g/mol. The lowest BCUT2D eigenvalue weighted by Crippen LogP contribution is -2.33. The van der Waals surface area contributed by atoms with Gasteiger partial charge in [-0.25, -0.2) is 0 Å². The van der Waals surface area contributed by atoms with Crippen molar-refractivity contribution in [1.82, 2.24) is 25.0 Å². The van der Waals surface area contributed by atoms with Crippen LogP contribution in [-0.2, 0) is 11.3 Å². The highest BCUT2D eigenvalue weighted by molar-refractivity contribution is 5.96. The molecule has 1 spiro atoms. The summed E-state index contributed by atoms with van der Waals surface area (Å²) in [6, 6.07) is 1.53. The number of carbonyl (C=O) groups excluding carboxylic acids is 1. The number of nitrogens with one attached hydrogen (secondary N) is 2. The maximum absolute atomic E-state index is 13.0. The van der Waals surface area contributed by atoms with Crippen LogP contribution < -0.4 is 5.32 Å². The molecule has 0 saturated heterocycles. The number of hydrogen-bond donors (Lipinski definition) is 2. The molecule has 30 heavy (non-hydrogen) atoms. The van der Waals surface area contributed by atoms with Gasteiger partial charge in [0.05, 0.1) is 29.3 Å². The van der Waals surface area contributed by atoms with Crippen LogP contribution in [0.1, 0.15) is 38.5 Å². The van der Waals surface area contributed by atoms with Crippen LogP contribution >= 0.6 is 0 Å². The van der Waals surface area contributed by atoms with E-state index in [-0.39, 0.29) is 17.2 Å². The van der Waals surface area contributed by atoms with E-state index in [4.69, 9.17) is 0 Å². The van der Waals surface area contributed by atoms with Gasteiger partial charge in [0.2, 0.25) is 5.91 Å². The zero-order valence-corrected chi connectivity index (χ0v) is 16.2. The second kappa shape index (κ2) is 6.82. The van der Waals surface area contributed by atoms with Crippen LogP contribution in [0.25, 0.3) is 22.3 Å². The van der Waals surface area contributed by atoms with Gasteiger partial charge in [-0.2, -0.15) is 23.4 Å². The van der Waals surface area contributed by atoms with Crippen molar-refractivity contribution < 1.29 is 18.0 Å². The van der Waals surface area contributed by atoms with E-state index in [2.05, 4.69) is 25.6 Å². The maximum Gasteiger partial charge on any atom is 0.408 e. The molecule has 2 N–H and O–H groups in total. The van der Waals surface area contributed by atoms with E-state index in [9.17, 15) is 18.0 Å². The number of anilines is 1. The maximum atomic E-state index is 13.0. The van der Waals surface area contributed by atoms with Crippen molar-refractivity contribution in [2.45, 2.75) is 51.2 Å². The van der Waals surface area contributed by atoms with E-state index in [0.29, 0.717) is 28.0 Å². The highest BCUT2D eigenvalue weighted by Gasteiger charge is 2.52. The monoisotopic (exact) mass is 418 g/mol. The number of pyridine rings is 1. The Bertz CT molecular complexity index is 1100. The molecule has 1 atom stereocenters. The number of halogens is 3. The molecule has 1 amide bonds. The molecular formula is C20H21F3N6O. The number of aromatic nitrogens is 5. The fourth-order valence-corrected chi connectivity index (χ4v) is 4.68. The number of fused-ring (bicyclic) bond motifs is 1. The lowest BCUT2D eigenvalue weighted by molar-refractivity contribution is -0.141. The molecule has 7 nitrogen and oxygen atoms in total. The Kier molecular flexibility index (Phi) is 4.33. The number of rotatable bonds is 4. The summed E-state index contributed by atoms with van der Waals surface area (Å²) in [5, 5.41) is 14.1. The second-order valence-electron chi connectivity index (χ2n) is 8.35. The van der Waals surface area contributed by atoms with Gasteiger partial charge in [-0.05, 0) is 37.2 Å². The summed E-state index contributed by atoms with van der Waals surface area (Å²) in [5.41, 5.74) is 1.81. The van der Waals surface area contributed by atoms with Crippen molar-refractivity contribution >= 4 is 22.5 Å². The Morgan fingerprint density at radius 1 is 1.23 bits per heavy atom. The summed E-state index contributed by atoms with van der Waals surface area (Å²) in [6.07, 6.45) is 6.38. The molecule has 0 bridgehead atoms. The van der Waals surface area contributed by atoms with Crippen molar-refractivity contribution in [2.24, 2.45) is 11.3 Å². The van der Waals surface area contributed by atoms with Crippen LogP contribution in [0, 0.1) is 11.3 Å². The van der Waals surface area contributed by atoms with E-state index in [1.807, 2.05) is 0 Å². The third-order valence-electron chi connectivity index (χ3n) is 6.37. The number of hydrogen-bond acceptors (Lipinski definition) is 4. The molecule has 0 radical (unpaired) electrons. The third kappa shape index (κ3) is 3.44. The number of alkyl halides is 3. The highest BCUT2D eigenvalue weighted by Crippen LogP contribution is 2.59. The van der Waals surface area contributed by atoms with E-state index in [0.717, 1.165) is 36.8 Å². The summed E-state index contributed by atoms with van der Waals surface area (Å²) in [7, 11) is 0. The highest BCUT2D eigenvalue weighted by atomic mass is 19.4. The van der Waals surface area contributed by atoms with Crippen molar-refractivity contribution in [2.75, 3.05) is 5.32 Å². The minimum atomic E-state index is -4.38. The van der Waals surface area contributed by atoms with Gasteiger partial charge in [-0.1, -0.05) is 12.8 Å². The van der Waals surface area contributed by atoms with Crippen LogP contribution in [-0.4, -0.2) is 37.0 Å². The molecule has 2 aliphatic rings. The van der Waals surface area contributed by atoms with E-state index >= 15 is 0 Å². The first-order valence-electron chi connectivity index (χ1n) is 10.1. The predicted molar refractivity (Wildman–Crippen MR) is 103 cm³/mol. The molecule has 3 aromatic heterocycles. The van der Waals surface area contributed by atoms with Gasteiger partial charge >= 0.3 is 6.18 Å². The Hall–Kier alpha value is -2.91. The molecule has 158 valence electrons. The smallest absolute Gasteiger partial charge is 0.323 e. The first-order chi connectivity index (χ1) is 14.3. The average Bonchev–Trinajstić information content (AvgIpc) is 3.12. The molecule has 0 aromatic carbocycles. The number of amides is 1. The predicted octanol–water partition coefficient (Wildman–Crippen LogP) is 4.29. The quantitative estimate of drug-likeness (QED) is 0.662. The molecule has 3 heterocycles. The zero-order valence-electron chi connectivity index (χ0n) is 16.2.